The molecule has 1 amide bonds. The van der Waals surface area contributed by atoms with Crippen LogP contribution in [0.1, 0.15) is 35.3 Å². The van der Waals surface area contributed by atoms with Crippen molar-refractivity contribution in [2.24, 2.45) is 5.92 Å². The Hall–Kier alpha value is -2.17. The molecule has 0 unspecified atom stereocenters. The smallest absolute Gasteiger partial charge is 0.251 e. The lowest BCUT2D eigenvalue weighted by Crippen LogP contribution is -2.41. The largest absolute Gasteiger partial charge is 0.347 e. The van der Waals surface area contributed by atoms with Crippen LogP contribution in [0.2, 0.25) is 0 Å². The van der Waals surface area contributed by atoms with E-state index in [2.05, 4.69) is 29.2 Å². The fourth-order valence-corrected chi connectivity index (χ4v) is 2.27. The Labute approximate surface area is 125 Å². The molecule has 0 aliphatic rings. The fourth-order valence-electron chi connectivity index (χ4n) is 2.27. The highest BCUT2D eigenvalue weighted by Crippen LogP contribution is 2.12. The van der Waals surface area contributed by atoms with Gasteiger partial charge in [-0.05, 0) is 31.4 Å². The maximum absolute atomic E-state index is 12.5. The van der Waals surface area contributed by atoms with E-state index in [4.69, 9.17) is 0 Å². The van der Waals surface area contributed by atoms with Crippen LogP contribution >= 0.6 is 0 Å². The lowest BCUT2D eigenvalue weighted by atomic mass is 10.0. The highest BCUT2D eigenvalue weighted by molar-refractivity contribution is 5.95. The number of rotatable bonds is 5. The molecule has 0 fully saturated rings. The third-order valence-corrected chi connectivity index (χ3v) is 3.60. The van der Waals surface area contributed by atoms with Gasteiger partial charge in [-0.1, -0.05) is 31.5 Å². The third-order valence-electron chi connectivity index (χ3n) is 3.60. The Bertz CT molecular complexity index is 605. The number of aromatic nitrogens is 3. The quantitative estimate of drug-likeness (QED) is 0.918. The van der Waals surface area contributed by atoms with Crippen molar-refractivity contribution in [3.63, 3.8) is 0 Å². The van der Waals surface area contributed by atoms with Crippen LogP contribution < -0.4 is 5.32 Å². The molecule has 1 N–H and O–H groups in total. The van der Waals surface area contributed by atoms with Gasteiger partial charge in [0.25, 0.3) is 5.91 Å². The first kappa shape index (κ1) is 15.2. The molecule has 0 bridgehead atoms. The van der Waals surface area contributed by atoms with Crippen LogP contribution in [0.3, 0.4) is 0 Å². The molecule has 1 aromatic heterocycles. The van der Waals surface area contributed by atoms with Gasteiger partial charge in [0.05, 0.1) is 12.6 Å². The molecule has 0 aliphatic carbocycles. The molecule has 1 atom stereocenters. The normalized spacial score (nSPS) is 12.4. The van der Waals surface area contributed by atoms with Crippen molar-refractivity contribution < 1.29 is 4.79 Å². The maximum Gasteiger partial charge on any atom is 0.251 e. The summed E-state index contributed by atoms with van der Waals surface area (Å²) in [6.45, 7) is 8.78. The molecule has 0 spiro atoms. The van der Waals surface area contributed by atoms with Gasteiger partial charge in [0, 0.05) is 5.56 Å². The number of nitrogens with zero attached hydrogens (tertiary/aromatic N) is 3. The summed E-state index contributed by atoms with van der Waals surface area (Å²) in [6.07, 6.45) is 3.17. The van der Waals surface area contributed by atoms with E-state index in [1.165, 1.54) is 6.33 Å². The van der Waals surface area contributed by atoms with Gasteiger partial charge in [-0.15, -0.1) is 0 Å². The molecule has 2 aromatic rings. The molecule has 0 saturated heterocycles. The van der Waals surface area contributed by atoms with Crippen molar-refractivity contribution in [3.05, 3.63) is 47.5 Å². The fraction of sp³-hybridized carbons (Fsp3) is 0.438. The monoisotopic (exact) mass is 286 g/mol. The Morgan fingerprint density at radius 3 is 2.67 bits per heavy atom. The number of amides is 1. The van der Waals surface area contributed by atoms with Gasteiger partial charge in [-0.2, -0.15) is 5.10 Å². The third kappa shape index (κ3) is 3.90. The Kier molecular flexibility index (Phi) is 4.73. The summed E-state index contributed by atoms with van der Waals surface area (Å²) < 4.78 is 1.74. The lowest BCUT2D eigenvalue weighted by molar-refractivity contribution is 0.0918. The van der Waals surface area contributed by atoms with Crippen LogP contribution in [0.4, 0.5) is 0 Å². The first-order valence-electron chi connectivity index (χ1n) is 7.18. The summed E-state index contributed by atoms with van der Waals surface area (Å²) >= 11 is 0. The summed E-state index contributed by atoms with van der Waals surface area (Å²) in [5, 5.41) is 7.21. The van der Waals surface area contributed by atoms with Gasteiger partial charge in [-0.25, -0.2) is 4.98 Å². The van der Waals surface area contributed by atoms with Crippen LogP contribution in [0.15, 0.2) is 30.9 Å². The van der Waals surface area contributed by atoms with Crippen molar-refractivity contribution in [1.82, 2.24) is 20.1 Å². The van der Waals surface area contributed by atoms with E-state index in [1.807, 2.05) is 32.0 Å². The summed E-state index contributed by atoms with van der Waals surface area (Å²) in [7, 11) is 0. The predicted molar refractivity (Wildman–Crippen MR) is 82.0 cm³/mol. The van der Waals surface area contributed by atoms with E-state index in [-0.39, 0.29) is 11.9 Å². The first-order valence-corrected chi connectivity index (χ1v) is 7.18. The predicted octanol–water partition coefficient (Wildman–Crippen LogP) is 2.35. The second kappa shape index (κ2) is 6.52. The zero-order valence-electron chi connectivity index (χ0n) is 13.0. The van der Waals surface area contributed by atoms with Crippen molar-refractivity contribution in [1.29, 1.82) is 0 Å². The van der Waals surface area contributed by atoms with Crippen LogP contribution in [-0.2, 0) is 6.54 Å². The summed E-state index contributed by atoms with van der Waals surface area (Å²) in [4.78, 5) is 16.4. The standard InChI is InChI=1S/C16H22N4O/c1-11(2)15(8-20-10-17-9-18-20)19-16(21)14-6-5-12(3)7-13(14)4/h5-7,9-11,15H,8H2,1-4H3,(H,19,21)/t15-/m1/s1. The zero-order valence-corrected chi connectivity index (χ0v) is 13.0. The van der Waals surface area contributed by atoms with Gasteiger partial charge in [0.1, 0.15) is 12.7 Å². The first-order chi connectivity index (χ1) is 9.97. The Morgan fingerprint density at radius 1 is 1.33 bits per heavy atom. The van der Waals surface area contributed by atoms with Gasteiger partial charge in [0.2, 0.25) is 0 Å². The number of benzene rings is 1. The summed E-state index contributed by atoms with van der Waals surface area (Å²) in [6, 6.07) is 5.88. The van der Waals surface area contributed by atoms with Crippen LogP contribution in [0.25, 0.3) is 0 Å². The highest BCUT2D eigenvalue weighted by atomic mass is 16.1. The van der Waals surface area contributed by atoms with E-state index in [0.29, 0.717) is 12.5 Å². The summed E-state index contributed by atoms with van der Waals surface area (Å²) in [5.74, 6) is 0.273. The highest BCUT2D eigenvalue weighted by Gasteiger charge is 2.19. The van der Waals surface area contributed by atoms with Crippen molar-refractivity contribution in [3.8, 4) is 0 Å². The number of carbonyl (C=O) groups is 1. The van der Waals surface area contributed by atoms with Crippen molar-refractivity contribution in [2.75, 3.05) is 0 Å². The lowest BCUT2D eigenvalue weighted by Gasteiger charge is -2.22. The van der Waals surface area contributed by atoms with E-state index >= 15 is 0 Å². The number of aryl methyl sites for hydroxylation is 2. The molecule has 1 aromatic carbocycles. The van der Waals surface area contributed by atoms with Gasteiger partial charge in [0.15, 0.2) is 0 Å². The average Bonchev–Trinajstić information content (AvgIpc) is 2.90. The molecule has 1 heterocycles. The van der Waals surface area contributed by atoms with Crippen LogP contribution in [0, 0.1) is 19.8 Å². The molecule has 2 rings (SSSR count). The van der Waals surface area contributed by atoms with Crippen molar-refractivity contribution in [2.45, 2.75) is 40.3 Å². The Morgan fingerprint density at radius 2 is 2.10 bits per heavy atom. The maximum atomic E-state index is 12.5. The van der Waals surface area contributed by atoms with Crippen molar-refractivity contribution >= 4 is 5.91 Å². The van der Waals surface area contributed by atoms with E-state index in [9.17, 15) is 4.79 Å². The number of hydrogen-bond donors (Lipinski definition) is 1. The topological polar surface area (TPSA) is 59.8 Å². The van der Waals surface area contributed by atoms with E-state index in [0.717, 1.165) is 16.7 Å². The molecule has 0 saturated carbocycles. The molecule has 0 radical (unpaired) electrons. The van der Waals surface area contributed by atoms with Crippen LogP contribution in [-0.4, -0.2) is 26.7 Å². The molecular formula is C16H22N4O. The molecule has 5 nitrogen and oxygen atoms in total. The molecule has 112 valence electrons. The zero-order chi connectivity index (χ0) is 15.4. The minimum atomic E-state index is -0.0358. The summed E-state index contributed by atoms with van der Waals surface area (Å²) in [5.41, 5.74) is 2.88. The van der Waals surface area contributed by atoms with E-state index in [1.54, 1.807) is 11.0 Å². The van der Waals surface area contributed by atoms with E-state index < -0.39 is 0 Å². The van der Waals surface area contributed by atoms with Gasteiger partial charge in [-0.3, -0.25) is 9.48 Å². The number of carbonyl (C=O) groups excluding carboxylic acids is 1. The van der Waals surface area contributed by atoms with Gasteiger partial charge < -0.3 is 5.32 Å². The average molecular weight is 286 g/mol. The molecule has 5 heteroatoms. The number of hydrogen-bond acceptors (Lipinski definition) is 3. The minimum absolute atomic E-state index is 0.0138. The molecule has 0 aliphatic heterocycles. The Balaban J connectivity index is 2.11. The SMILES string of the molecule is Cc1ccc(C(=O)N[C@H](Cn2cncn2)C(C)C)c(C)c1. The number of nitrogens with one attached hydrogen (secondary N) is 1. The molecular weight excluding hydrogens is 264 g/mol. The second-order valence-corrected chi connectivity index (χ2v) is 5.76. The van der Waals surface area contributed by atoms with Gasteiger partial charge >= 0.3 is 0 Å². The molecule has 21 heavy (non-hydrogen) atoms. The van der Waals surface area contributed by atoms with Crippen LogP contribution in [0.5, 0.6) is 0 Å². The second-order valence-electron chi connectivity index (χ2n) is 5.76. The minimum Gasteiger partial charge on any atom is -0.347 e.